The summed E-state index contributed by atoms with van der Waals surface area (Å²) in [4.78, 5) is 30.5. The lowest BCUT2D eigenvalue weighted by atomic mass is 9.97. The number of nitrogens with zero attached hydrogens (tertiary/aromatic N) is 2. The predicted molar refractivity (Wildman–Crippen MR) is 86.9 cm³/mol. The van der Waals surface area contributed by atoms with Gasteiger partial charge >= 0.3 is 0 Å². The fraction of sp³-hybridized carbons (Fsp3) is 0.588. The summed E-state index contributed by atoms with van der Waals surface area (Å²) in [6.45, 7) is 3.02. The van der Waals surface area contributed by atoms with E-state index in [0.717, 1.165) is 38.8 Å². The molecule has 0 aliphatic carbocycles. The Labute approximate surface area is 136 Å². The van der Waals surface area contributed by atoms with Crippen LogP contribution in [0.4, 0.5) is 0 Å². The Morgan fingerprint density at radius 1 is 1.30 bits per heavy atom. The number of hydrogen-bond acceptors (Lipinski definition) is 4. The highest BCUT2D eigenvalue weighted by atomic mass is 16.2. The van der Waals surface area contributed by atoms with Gasteiger partial charge in [0.05, 0.1) is 6.04 Å². The topological polar surface area (TPSA) is 74.3 Å². The van der Waals surface area contributed by atoms with E-state index in [1.165, 1.54) is 0 Å². The van der Waals surface area contributed by atoms with E-state index in [-0.39, 0.29) is 17.9 Å². The Hall–Kier alpha value is -1.95. The summed E-state index contributed by atoms with van der Waals surface area (Å²) in [5.74, 6) is 0.400. The van der Waals surface area contributed by atoms with E-state index in [0.29, 0.717) is 24.7 Å². The summed E-state index contributed by atoms with van der Waals surface area (Å²) in [6.07, 6.45) is 5.64. The van der Waals surface area contributed by atoms with Gasteiger partial charge in [0.1, 0.15) is 5.69 Å². The van der Waals surface area contributed by atoms with Crippen LogP contribution in [0, 0.1) is 5.92 Å². The molecule has 0 aromatic carbocycles. The second kappa shape index (κ2) is 7.55. The van der Waals surface area contributed by atoms with E-state index in [1.54, 1.807) is 12.3 Å². The van der Waals surface area contributed by atoms with Crippen LogP contribution < -0.4 is 10.6 Å². The van der Waals surface area contributed by atoms with Crippen LogP contribution in [0.5, 0.6) is 0 Å². The quantitative estimate of drug-likeness (QED) is 0.862. The SMILES string of the molecule is O=C(NCC1CCCN(C(=O)c2ccccn2)C1)C1CCCN1. The second-order valence-corrected chi connectivity index (χ2v) is 6.37. The average Bonchev–Trinajstić information content (AvgIpc) is 3.15. The Morgan fingerprint density at radius 3 is 2.96 bits per heavy atom. The third kappa shape index (κ3) is 4.07. The van der Waals surface area contributed by atoms with Gasteiger partial charge in [0.2, 0.25) is 5.91 Å². The van der Waals surface area contributed by atoms with Crippen molar-refractivity contribution in [2.45, 2.75) is 31.7 Å². The van der Waals surface area contributed by atoms with Crippen molar-refractivity contribution >= 4 is 11.8 Å². The van der Waals surface area contributed by atoms with Gasteiger partial charge in [-0.25, -0.2) is 0 Å². The van der Waals surface area contributed by atoms with Crippen molar-refractivity contribution in [2.24, 2.45) is 5.92 Å². The highest BCUT2D eigenvalue weighted by Crippen LogP contribution is 2.18. The molecule has 2 amide bonds. The van der Waals surface area contributed by atoms with Crippen LogP contribution in [0.3, 0.4) is 0 Å². The highest BCUT2D eigenvalue weighted by molar-refractivity contribution is 5.92. The van der Waals surface area contributed by atoms with Gasteiger partial charge in [-0.15, -0.1) is 0 Å². The predicted octanol–water partition coefficient (Wildman–Crippen LogP) is 0.802. The lowest BCUT2D eigenvalue weighted by Gasteiger charge is -2.32. The van der Waals surface area contributed by atoms with Gasteiger partial charge in [-0.1, -0.05) is 6.07 Å². The summed E-state index contributed by atoms with van der Waals surface area (Å²) in [5, 5.41) is 6.25. The molecule has 0 bridgehead atoms. The molecule has 0 radical (unpaired) electrons. The molecule has 2 fully saturated rings. The molecule has 3 heterocycles. The van der Waals surface area contributed by atoms with E-state index in [9.17, 15) is 9.59 Å². The molecule has 2 atom stereocenters. The van der Waals surface area contributed by atoms with Gasteiger partial charge in [0, 0.05) is 25.8 Å². The van der Waals surface area contributed by atoms with E-state index in [4.69, 9.17) is 0 Å². The van der Waals surface area contributed by atoms with Crippen LogP contribution in [-0.2, 0) is 4.79 Å². The minimum atomic E-state index is -0.0372. The zero-order chi connectivity index (χ0) is 16.1. The molecule has 2 saturated heterocycles. The van der Waals surface area contributed by atoms with Crippen LogP contribution in [0.1, 0.15) is 36.2 Å². The third-order valence-electron chi connectivity index (χ3n) is 4.63. The van der Waals surface area contributed by atoms with Gasteiger partial charge in [-0.2, -0.15) is 0 Å². The van der Waals surface area contributed by atoms with Crippen LogP contribution in [-0.4, -0.2) is 53.9 Å². The van der Waals surface area contributed by atoms with Crippen LogP contribution >= 0.6 is 0 Å². The summed E-state index contributed by atoms with van der Waals surface area (Å²) < 4.78 is 0. The average molecular weight is 316 g/mol. The molecule has 23 heavy (non-hydrogen) atoms. The minimum absolute atomic E-state index is 0.0147. The molecular weight excluding hydrogens is 292 g/mol. The first-order chi connectivity index (χ1) is 11.2. The standard InChI is InChI=1S/C17H24N4O2/c22-16(14-7-3-9-18-14)20-11-13-5-4-10-21(12-13)17(23)15-6-1-2-8-19-15/h1-2,6,8,13-14,18H,3-5,7,9-12H2,(H,20,22). The summed E-state index contributed by atoms with van der Waals surface area (Å²) in [5.41, 5.74) is 0.493. The van der Waals surface area contributed by atoms with Crippen molar-refractivity contribution in [3.8, 4) is 0 Å². The molecule has 0 saturated carbocycles. The molecule has 1 aromatic heterocycles. The maximum absolute atomic E-state index is 12.5. The number of carbonyl (C=O) groups is 2. The van der Waals surface area contributed by atoms with Gasteiger partial charge in [0.25, 0.3) is 5.91 Å². The number of piperidine rings is 1. The molecule has 3 rings (SSSR count). The van der Waals surface area contributed by atoms with Crippen molar-refractivity contribution in [1.82, 2.24) is 20.5 Å². The zero-order valence-corrected chi connectivity index (χ0v) is 13.3. The normalized spacial score (nSPS) is 24.4. The summed E-state index contributed by atoms with van der Waals surface area (Å²) in [7, 11) is 0. The maximum atomic E-state index is 12.5. The van der Waals surface area contributed by atoms with E-state index in [2.05, 4.69) is 15.6 Å². The number of carbonyl (C=O) groups excluding carboxylic acids is 2. The molecule has 2 N–H and O–H groups in total. The summed E-state index contributed by atoms with van der Waals surface area (Å²) >= 11 is 0. The van der Waals surface area contributed by atoms with Crippen LogP contribution in [0.25, 0.3) is 0 Å². The third-order valence-corrected chi connectivity index (χ3v) is 4.63. The van der Waals surface area contributed by atoms with E-state index in [1.807, 2.05) is 17.0 Å². The fourth-order valence-electron chi connectivity index (χ4n) is 3.34. The molecule has 0 spiro atoms. The Bertz CT molecular complexity index is 543. The maximum Gasteiger partial charge on any atom is 0.272 e. The minimum Gasteiger partial charge on any atom is -0.354 e. The van der Waals surface area contributed by atoms with Crippen molar-refractivity contribution in [3.05, 3.63) is 30.1 Å². The zero-order valence-electron chi connectivity index (χ0n) is 13.3. The number of hydrogen-bond donors (Lipinski definition) is 2. The Kier molecular flexibility index (Phi) is 5.23. The van der Waals surface area contributed by atoms with Crippen LogP contribution in [0.15, 0.2) is 24.4 Å². The van der Waals surface area contributed by atoms with E-state index >= 15 is 0 Å². The monoisotopic (exact) mass is 316 g/mol. The number of nitrogens with one attached hydrogen (secondary N) is 2. The Balaban J connectivity index is 1.50. The smallest absolute Gasteiger partial charge is 0.272 e. The van der Waals surface area contributed by atoms with Crippen LogP contribution in [0.2, 0.25) is 0 Å². The first kappa shape index (κ1) is 15.9. The number of rotatable bonds is 4. The van der Waals surface area contributed by atoms with Crippen molar-refractivity contribution < 1.29 is 9.59 Å². The van der Waals surface area contributed by atoms with Gasteiger partial charge < -0.3 is 15.5 Å². The Morgan fingerprint density at radius 2 is 2.22 bits per heavy atom. The van der Waals surface area contributed by atoms with Crippen molar-refractivity contribution in [1.29, 1.82) is 0 Å². The number of amides is 2. The first-order valence-corrected chi connectivity index (χ1v) is 8.45. The van der Waals surface area contributed by atoms with Crippen molar-refractivity contribution in [3.63, 3.8) is 0 Å². The first-order valence-electron chi connectivity index (χ1n) is 8.45. The molecule has 2 unspecified atom stereocenters. The van der Waals surface area contributed by atoms with Gasteiger partial charge in [0.15, 0.2) is 0 Å². The van der Waals surface area contributed by atoms with Gasteiger partial charge in [-0.05, 0) is 50.3 Å². The highest BCUT2D eigenvalue weighted by Gasteiger charge is 2.27. The molecule has 6 heteroatoms. The number of pyridine rings is 1. The molecular formula is C17H24N4O2. The molecule has 1 aromatic rings. The molecule has 2 aliphatic heterocycles. The van der Waals surface area contributed by atoms with Gasteiger partial charge in [-0.3, -0.25) is 14.6 Å². The number of likely N-dealkylation sites (tertiary alicyclic amines) is 1. The molecule has 2 aliphatic rings. The molecule has 124 valence electrons. The van der Waals surface area contributed by atoms with E-state index < -0.39 is 0 Å². The molecule has 6 nitrogen and oxygen atoms in total. The lowest BCUT2D eigenvalue weighted by molar-refractivity contribution is -0.123. The summed E-state index contributed by atoms with van der Waals surface area (Å²) in [6, 6.07) is 5.35. The largest absolute Gasteiger partial charge is 0.354 e. The lowest BCUT2D eigenvalue weighted by Crippen LogP contribution is -2.46. The second-order valence-electron chi connectivity index (χ2n) is 6.37. The number of aromatic nitrogens is 1. The fourth-order valence-corrected chi connectivity index (χ4v) is 3.34. The van der Waals surface area contributed by atoms with Crippen molar-refractivity contribution in [2.75, 3.05) is 26.2 Å².